The smallest absolute Gasteiger partial charge is 0.416 e. The lowest BCUT2D eigenvalue weighted by molar-refractivity contribution is -0.137. The molecule has 1 saturated heterocycles. The van der Waals surface area contributed by atoms with Crippen LogP contribution in [0.25, 0.3) is 11.9 Å². The summed E-state index contributed by atoms with van der Waals surface area (Å²) in [5.74, 6) is 0.265. The van der Waals surface area contributed by atoms with E-state index in [0.29, 0.717) is 32.7 Å². The van der Waals surface area contributed by atoms with Gasteiger partial charge in [0.1, 0.15) is 15.6 Å². The van der Waals surface area contributed by atoms with Gasteiger partial charge in [0.2, 0.25) is 0 Å². The van der Waals surface area contributed by atoms with Crippen LogP contribution in [0.3, 0.4) is 0 Å². The number of carbonyl (C=O) groups is 1. The zero-order valence-electron chi connectivity index (χ0n) is 20.2. The van der Waals surface area contributed by atoms with Gasteiger partial charge in [-0.3, -0.25) is 0 Å². The minimum absolute atomic E-state index is 0.0840. The number of hydrogen-bond donors (Lipinski definition) is 1. The molecule has 2 aromatic rings. The molecule has 1 N–H and O–H groups in total. The summed E-state index contributed by atoms with van der Waals surface area (Å²) >= 11 is 1.11. The molecule has 0 saturated carbocycles. The highest BCUT2D eigenvalue weighted by Gasteiger charge is 2.31. The largest absolute Gasteiger partial charge is 0.444 e. The van der Waals surface area contributed by atoms with Crippen LogP contribution in [-0.2, 0) is 26.5 Å². The number of hydrogen-bond acceptors (Lipinski definition) is 7. The Bertz CT molecular complexity index is 1370. The first-order valence-corrected chi connectivity index (χ1v) is 13.9. The lowest BCUT2D eigenvalue weighted by Crippen LogP contribution is -2.53. The number of amides is 1. The monoisotopic (exact) mass is 543 g/mol. The summed E-state index contributed by atoms with van der Waals surface area (Å²) in [6.45, 7) is 7.98. The highest BCUT2D eigenvalue weighted by atomic mass is 32.2. The van der Waals surface area contributed by atoms with Crippen molar-refractivity contribution in [3.05, 3.63) is 51.2 Å². The average molecular weight is 544 g/mol. The van der Waals surface area contributed by atoms with E-state index in [1.165, 1.54) is 12.1 Å². The van der Waals surface area contributed by atoms with E-state index < -0.39 is 32.9 Å². The molecule has 0 atom stereocenters. The first-order chi connectivity index (χ1) is 16.7. The number of nitrogens with zero attached hydrogens (tertiary/aromatic N) is 2. The van der Waals surface area contributed by atoms with Crippen LogP contribution in [0.1, 0.15) is 31.9 Å². The van der Waals surface area contributed by atoms with Crippen LogP contribution in [0, 0.1) is 0 Å². The second-order valence-electron chi connectivity index (χ2n) is 9.69. The number of benzene rings is 1. The molecule has 2 aliphatic rings. The molecule has 0 spiro atoms. The SMILES string of the molecule is CC(C)(C)OC(=O)N1CCN(C2=c3cc(S(=O)(=O)Cc4cccc(C(F)(F)F)c4)sc3=CCN2)CC1. The van der Waals surface area contributed by atoms with Crippen LogP contribution in [0.5, 0.6) is 0 Å². The van der Waals surface area contributed by atoms with Crippen molar-refractivity contribution in [3.8, 4) is 0 Å². The molecule has 2 aliphatic heterocycles. The minimum Gasteiger partial charge on any atom is -0.444 e. The fourth-order valence-electron chi connectivity index (χ4n) is 4.06. The van der Waals surface area contributed by atoms with Gasteiger partial charge in [0.05, 0.1) is 11.3 Å². The third kappa shape index (κ3) is 5.97. The van der Waals surface area contributed by atoms with E-state index in [1.807, 2.05) is 26.8 Å². The van der Waals surface area contributed by atoms with Crippen molar-refractivity contribution in [2.45, 2.75) is 42.5 Å². The summed E-state index contributed by atoms with van der Waals surface area (Å²) in [4.78, 5) is 16.1. The first kappa shape index (κ1) is 26.3. The molecule has 0 bridgehead atoms. The van der Waals surface area contributed by atoms with Crippen molar-refractivity contribution in [1.82, 2.24) is 15.1 Å². The number of ether oxygens (including phenoxy) is 1. The molecular formula is C24H28F3N3O4S2. The van der Waals surface area contributed by atoms with Gasteiger partial charge in [0.15, 0.2) is 9.84 Å². The Kier molecular flexibility index (Phi) is 7.04. The number of thiophene rings is 1. The van der Waals surface area contributed by atoms with E-state index >= 15 is 0 Å². The molecule has 3 heterocycles. The normalized spacial score (nSPS) is 16.8. The summed E-state index contributed by atoms with van der Waals surface area (Å²) in [5, 5.41) is 4.04. The van der Waals surface area contributed by atoms with E-state index in [0.717, 1.165) is 39.0 Å². The molecule has 0 radical (unpaired) electrons. The second kappa shape index (κ2) is 9.62. The van der Waals surface area contributed by atoms with Gasteiger partial charge in [-0.2, -0.15) is 13.2 Å². The minimum atomic E-state index is -4.54. The van der Waals surface area contributed by atoms with Crippen LogP contribution in [0.2, 0.25) is 0 Å². The molecule has 7 nitrogen and oxygen atoms in total. The van der Waals surface area contributed by atoms with Crippen LogP contribution < -0.4 is 15.1 Å². The molecule has 1 aromatic carbocycles. The molecule has 1 fully saturated rings. The number of sulfone groups is 1. The summed E-state index contributed by atoms with van der Waals surface area (Å²) < 4.78 is 71.7. The summed E-state index contributed by atoms with van der Waals surface area (Å²) in [5.41, 5.74) is -1.37. The van der Waals surface area contributed by atoms with E-state index in [2.05, 4.69) is 10.2 Å². The number of carbonyl (C=O) groups excluding carboxylic acids is 1. The summed E-state index contributed by atoms with van der Waals surface area (Å²) in [7, 11) is -3.86. The molecule has 12 heteroatoms. The quantitative estimate of drug-likeness (QED) is 0.639. The van der Waals surface area contributed by atoms with Crippen molar-refractivity contribution in [1.29, 1.82) is 0 Å². The van der Waals surface area contributed by atoms with Gasteiger partial charge in [0.25, 0.3) is 0 Å². The third-order valence-electron chi connectivity index (χ3n) is 5.72. The van der Waals surface area contributed by atoms with Crippen LogP contribution in [0.4, 0.5) is 18.0 Å². The molecular weight excluding hydrogens is 515 g/mol. The lowest BCUT2D eigenvalue weighted by Gasteiger charge is -2.38. The zero-order chi connectivity index (χ0) is 26.3. The van der Waals surface area contributed by atoms with Gasteiger partial charge in [-0.15, -0.1) is 11.3 Å². The maximum Gasteiger partial charge on any atom is 0.416 e. The maximum atomic E-state index is 13.1. The standard InChI is InChI=1S/C24H28F3N3O4S2/c1-23(2,3)34-22(31)30-11-9-29(10-12-30)21-18-14-20(35-19(18)7-8-28-21)36(32,33)15-16-5-4-6-17(13-16)24(25,26)27/h4-7,13-14,28H,8-12,15H2,1-3H3. The van der Waals surface area contributed by atoms with Crippen LogP contribution >= 0.6 is 11.3 Å². The predicted molar refractivity (Wildman–Crippen MR) is 131 cm³/mol. The van der Waals surface area contributed by atoms with Crippen LogP contribution in [0.15, 0.2) is 34.5 Å². The van der Waals surface area contributed by atoms with Crippen molar-refractivity contribution in [3.63, 3.8) is 0 Å². The Morgan fingerprint density at radius 3 is 2.44 bits per heavy atom. The fourth-order valence-corrected chi connectivity index (χ4v) is 6.89. The van der Waals surface area contributed by atoms with Crippen LogP contribution in [-0.4, -0.2) is 62.6 Å². The maximum absolute atomic E-state index is 13.1. The second-order valence-corrected chi connectivity index (χ2v) is 13.0. The molecule has 4 rings (SSSR count). The zero-order valence-corrected chi connectivity index (χ0v) is 21.8. The van der Waals surface area contributed by atoms with Crippen molar-refractivity contribution in [2.75, 3.05) is 32.7 Å². The van der Waals surface area contributed by atoms with Crippen molar-refractivity contribution < 1.29 is 31.1 Å². The first-order valence-electron chi connectivity index (χ1n) is 11.4. The Morgan fingerprint density at radius 1 is 1.11 bits per heavy atom. The molecule has 196 valence electrons. The Labute approximate surface area is 211 Å². The van der Waals surface area contributed by atoms with Gasteiger partial charge in [-0.05, 0) is 44.5 Å². The Hall–Kier alpha value is -2.73. The predicted octanol–water partition coefficient (Wildman–Crippen LogP) is 2.74. The fraction of sp³-hybridized carbons (Fsp3) is 0.458. The number of halogens is 3. The number of alkyl halides is 3. The highest BCUT2D eigenvalue weighted by molar-refractivity contribution is 7.92. The molecule has 0 unspecified atom stereocenters. The number of nitrogens with one attached hydrogen (secondary N) is 1. The van der Waals surface area contributed by atoms with Gasteiger partial charge >= 0.3 is 12.3 Å². The van der Waals surface area contributed by atoms with E-state index in [-0.39, 0.29) is 15.9 Å². The number of rotatable bonds is 4. The van der Waals surface area contributed by atoms with E-state index in [1.54, 1.807) is 11.0 Å². The molecule has 1 amide bonds. The molecule has 0 aliphatic carbocycles. The molecule has 1 aromatic heterocycles. The summed E-state index contributed by atoms with van der Waals surface area (Å²) in [6, 6.07) is 5.98. The number of piperazine rings is 1. The van der Waals surface area contributed by atoms with Crippen molar-refractivity contribution >= 4 is 39.2 Å². The van der Waals surface area contributed by atoms with E-state index in [9.17, 15) is 26.4 Å². The lowest BCUT2D eigenvalue weighted by atomic mass is 10.1. The molecule has 36 heavy (non-hydrogen) atoms. The van der Waals surface area contributed by atoms with Gasteiger partial charge in [-0.1, -0.05) is 18.2 Å². The Balaban J connectivity index is 1.55. The van der Waals surface area contributed by atoms with Crippen molar-refractivity contribution in [2.24, 2.45) is 0 Å². The number of fused-ring (bicyclic) bond motifs is 1. The van der Waals surface area contributed by atoms with E-state index in [4.69, 9.17) is 4.74 Å². The average Bonchev–Trinajstić information content (AvgIpc) is 3.23. The van der Waals surface area contributed by atoms with Gasteiger partial charge < -0.3 is 19.9 Å². The highest BCUT2D eigenvalue weighted by Crippen LogP contribution is 2.30. The van der Waals surface area contributed by atoms with Gasteiger partial charge in [0, 0.05) is 42.5 Å². The Morgan fingerprint density at radius 2 is 1.81 bits per heavy atom. The topological polar surface area (TPSA) is 79.0 Å². The van der Waals surface area contributed by atoms with Gasteiger partial charge in [-0.25, -0.2) is 13.2 Å². The third-order valence-corrected chi connectivity index (χ3v) is 9.10. The summed E-state index contributed by atoms with van der Waals surface area (Å²) in [6.07, 6.45) is -3.01.